The zero-order chi connectivity index (χ0) is 17.6. The maximum Gasteiger partial charge on any atom is 0.267 e. The van der Waals surface area contributed by atoms with E-state index in [1.54, 1.807) is 24.4 Å². The zero-order valence-corrected chi connectivity index (χ0v) is 14.0. The first-order chi connectivity index (χ1) is 12.1. The summed E-state index contributed by atoms with van der Waals surface area (Å²) in [6.07, 6.45) is 2.55. The highest BCUT2D eigenvalue weighted by molar-refractivity contribution is 5.96. The normalized spacial score (nSPS) is 10.6. The Hall–Kier alpha value is -3.15. The molecule has 0 atom stereocenters. The van der Waals surface area contributed by atoms with Gasteiger partial charge in [0.25, 0.3) is 11.5 Å². The van der Waals surface area contributed by atoms with Gasteiger partial charge in [0.1, 0.15) is 11.5 Å². The fraction of sp³-hybridized carbons (Fsp3) is 0.211. The second-order valence-electron chi connectivity index (χ2n) is 5.86. The van der Waals surface area contributed by atoms with Crippen LogP contribution in [0.3, 0.4) is 0 Å². The Kier molecular flexibility index (Phi) is 5.09. The zero-order valence-electron chi connectivity index (χ0n) is 14.0. The number of H-pyrrole nitrogens is 1. The van der Waals surface area contributed by atoms with E-state index in [1.807, 2.05) is 31.2 Å². The largest absolute Gasteiger partial charge is 0.370 e. The molecule has 0 aliphatic rings. The molecule has 1 aromatic carbocycles. The van der Waals surface area contributed by atoms with Crippen LogP contribution >= 0.6 is 0 Å². The number of anilines is 1. The summed E-state index contributed by atoms with van der Waals surface area (Å²) in [5.74, 6) is 0.534. The second kappa shape index (κ2) is 7.61. The summed E-state index contributed by atoms with van der Waals surface area (Å²) in [6, 6.07) is 12.8. The number of pyridine rings is 2. The van der Waals surface area contributed by atoms with Crippen LogP contribution in [0.15, 0.2) is 53.5 Å². The number of aryl methyl sites for hydroxylation is 1. The number of aromatic amines is 1. The van der Waals surface area contributed by atoms with Crippen LogP contribution in [-0.4, -0.2) is 29.0 Å². The number of carbonyl (C=O) groups excluding carboxylic acids is 1. The Morgan fingerprint density at radius 1 is 1.16 bits per heavy atom. The highest BCUT2D eigenvalue weighted by atomic mass is 16.2. The van der Waals surface area contributed by atoms with Crippen molar-refractivity contribution >= 4 is 22.5 Å². The summed E-state index contributed by atoms with van der Waals surface area (Å²) in [4.78, 5) is 31.1. The molecule has 6 nitrogen and oxygen atoms in total. The lowest BCUT2D eigenvalue weighted by molar-refractivity contribution is 0.0948. The third-order valence-electron chi connectivity index (χ3n) is 3.85. The van der Waals surface area contributed by atoms with Crippen molar-refractivity contribution in [2.75, 3.05) is 18.4 Å². The molecule has 2 heterocycles. The molecule has 128 valence electrons. The molecule has 3 aromatic rings. The molecule has 0 saturated carbocycles. The summed E-state index contributed by atoms with van der Waals surface area (Å²) < 4.78 is 0. The highest BCUT2D eigenvalue weighted by Gasteiger charge is 2.08. The lowest BCUT2D eigenvalue weighted by Crippen LogP contribution is -2.28. The van der Waals surface area contributed by atoms with Crippen LogP contribution < -0.4 is 16.2 Å². The molecule has 3 rings (SSSR count). The van der Waals surface area contributed by atoms with Crippen molar-refractivity contribution in [3.05, 3.63) is 70.3 Å². The van der Waals surface area contributed by atoms with Crippen molar-refractivity contribution in [3.8, 4) is 0 Å². The minimum atomic E-state index is -0.281. The summed E-state index contributed by atoms with van der Waals surface area (Å²) in [6.45, 7) is 3.20. The SMILES string of the molecule is Cc1ccc(NCCCNC(=O)c2cc3ccccc3c(=O)[nH]2)nc1. The van der Waals surface area contributed by atoms with Crippen molar-refractivity contribution in [1.82, 2.24) is 15.3 Å². The first-order valence-corrected chi connectivity index (χ1v) is 8.20. The van der Waals surface area contributed by atoms with Gasteiger partial charge in [0.05, 0.1) is 0 Å². The lowest BCUT2D eigenvalue weighted by atomic mass is 10.1. The van der Waals surface area contributed by atoms with E-state index in [0.29, 0.717) is 18.5 Å². The number of nitrogens with zero attached hydrogens (tertiary/aromatic N) is 1. The van der Waals surface area contributed by atoms with Crippen LogP contribution in [0.4, 0.5) is 5.82 Å². The molecule has 0 aliphatic heterocycles. The summed E-state index contributed by atoms with van der Waals surface area (Å²) in [5, 5.41) is 7.35. The first kappa shape index (κ1) is 16.7. The van der Waals surface area contributed by atoms with E-state index in [1.165, 1.54) is 0 Å². The fourth-order valence-corrected chi connectivity index (χ4v) is 2.51. The minimum Gasteiger partial charge on any atom is -0.370 e. The smallest absolute Gasteiger partial charge is 0.267 e. The van der Waals surface area contributed by atoms with E-state index in [4.69, 9.17) is 0 Å². The molecule has 0 radical (unpaired) electrons. The van der Waals surface area contributed by atoms with E-state index >= 15 is 0 Å². The second-order valence-corrected chi connectivity index (χ2v) is 5.86. The predicted molar refractivity (Wildman–Crippen MR) is 99.0 cm³/mol. The Labute approximate surface area is 145 Å². The van der Waals surface area contributed by atoms with Gasteiger partial charge in [-0.2, -0.15) is 0 Å². The van der Waals surface area contributed by atoms with Crippen molar-refractivity contribution in [2.45, 2.75) is 13.3 Å². The lowest BCUT2D eigenvalue weighted by Gasteiger charge is -2.08. The average molecular weight is 336 g/mol. The van der Waals surface area contributed by atoms with Gasteiger partial charge in [0, 0.05) is 24.7 Å². The van der Waals surface area contributed by atoms with Crippen LogP contribution in [0.25, 0.3) is 10.8 Å². The van der Waals surface area contributed by atoms with Crippen LogP contribution in [-0.2, 0) is 0 Å². The number of hydrogen-bond acceptors (Lipinski definition) is 4. The van der Waals surface area contributed by atoms with E-state index in [2.05, 4.69) is 20.6 Å². The first-order valence-electron chi connectivity index (χ1n) is 8.20. The minimum absolute atomic E-state index is 0.254. The number of amides is 1. The number of nitrogens with one attached hydrogen (secondary N) is 3. The van der Waals surface area contributed by atoms with Crippen molar-refractivity contribution in [3.63, 3.8) is 0 Å². The van der Waals surface area contributed by atoms with Crippen LogP contribution in [0, 0.1) is 6.92 Å². The number of rotatable bonds is 6. The Morgan fingerprint density at radius 2 is 2.00 bits per heavy atom. The van der Waals surface area contributed by atoms with Crippen molar-refractivity contribution < 1.29 is 4.79 Å². The number of carbonyl (C=O) groups is 1. The van der Waals surface area contributed by atoms with Gasteiger partial charge in [0.2, 0.25) is 0 Å². The molecular formula is C19H20N4O2. The van der Waals surface area contributed by atoms with E-state index in [0.717, 1.165) is 23.2 Å². The van der Waals surface area contributed by atoms with Gasteiger partial charge >= 0.3 is 0 Å². The third-order valence-corrected chi connectivity index (χ3v) is 3.85. The molecule has 2 aromatic heterocycles. The number of hydrogen-bond donors (Lipinski definition) is 3. The van der Waals surface area contributed by atoms with Gasteiger partial charge in [-0.05, 0) is 42.5 Å². The number of benzene rings is 1. The monoisotopic (exact) mass is 336 g/mol. The Bertz CT molecular complexity index is 932. The maximum atomic E-state index is 12.2. The van der Waals surface area contributed by atoms with E-state index < -0.39 is 0 Å². The summed E-state index contributed by atoms with van der Waals surface area (Å²) in [5.41, 5.74) is 1.13. The van der Waals surface area contributed by atoms with Gasteiger partial charge < -0.3 is 15.6 Å². The molecule has 0 aliphatic carbocycles. The molecular weight excluding hydrogens is 316 g/mol. The predicted octanol–water partition coefficient (Wildman–Crippen LogP) is 2.46. The van der Waals surface area contributed by atoms with Crippen molar-refractivity contribution in [1.29, 1.82) is 0 Å². The van der Waals surface area contributed by atoms with Crippen LogP contribution in [0.2, 0.25) is 0 Å². The fourth-order valence-electron chi connectivity index (χ4n) is 2.51. The van der Waals surface area contributed by atoms with Gasteiger partial charge in [-0.25, -0.2) is 4.98 Å². The Balaban J connectivity index is 1.51. The molecule has 0 fully saturated rings. The number of aromatic nitrogens is 2. The van der Waals surface area contributed by atoms with Crippen molar-refractivity contribution in [2.24, 2.45) is 0 Å². The molecule has 0 unspecified atom stereocenters. The van der Waals surface area contributed by atoms with E-state index in [-0.39, 0.29) is 17.2 Å². The third kappa shape index (κ3) is 4.23. The molecule has 3 N–H and O–H groups in total. The average Bonchev–Trinajstić information content (AvgIpc) is 2.63. The maximum absolute atomic E-state index is 12.2. The number of fused-ring (bicyclic) bond motifs is 1. The van der Waals surface area contributed by atoms with Gasteiger partial charge in [-0.1, -0.05) is 24.3 Å². The van der Waals surface area contributed by atoms with Gasteiger partial charge in [-0.3, -0.25) is 9.59 Å². The molecule has 0 bridgehead atoms. The van der Waals surface area contributed by atoms with Crippen LogP contribution in [0.1, 0.15) is 22.5 Å². The topological polar surface area (TPSA) is 86.9 Å². The molecule has 0 saturated heterocycles. The highest BCUT2D eigenvalue weighted by Crippen LogP contribution is 2.09. The molecule has 6 heteroatoms. The van der Waals surface area contributed by atoms with Gasteiger partial charge in [-0.15, -0.1) is 0 Å². The summed E-state index contributed by atoms with van der Waals surface area (Å²) >= 11 is 0. The van der Waals surface area contributed by atoms with E-state index in [9.17, 15) is 9.59 Å². The van der Waals surface area contributed by atoms with Crippen LogP contribution in [0.5, 0.6) is 0 Å². The standard InChI is InChI=1S/C19H20N4O2/c1-13-7-8-17(22-12-13)20-9-4-10-21-19(25)16-11-14-5-2-3-6-15(14)18(24)23-16/h2-3,5-8,11-12H,4,9-10H2,1H3,(H,20,22)(H,21,25)(H,23,24). The summed E-state index contributed by atoms with van der Waals surface area (Å²) in [7, 11) is 0. The molecule has 25 heavy (non-hydrogen) atoms. The quantitative estimate of drug-likeness (QED) is 0.604. The molecule has 0 spiro atoms. The van der Waals surface area contributed by atoms with Gasteiger partial charge in [0.15, 0.2) is 0 Å². The Morgan fingerprint density at radius 3 is 2.80 bits per heavy atom. The molecule has 1 amide bonds.